The highest BCUT2D eigenvalue weighted by Crippen LogP contribution is 2.38. The molecule has 5 rings (SSSR count). The molecule has 3 saturated heterocycles. The maximum Gasteiger partial charge on any atom is 0.412 e. The topological polar surface area (TPSA) is 111 Å². The van der Waals surface area contributed by atoms with Crippen LogP contribution in [-0.4, -0.2) is 51.5 Å². The molecule has 1 atom stereocenters. The molecule has 1 aromatic carbocycles. The summed E-state index contributed by atoms with van der Waals surface area (Å²) in [6.07, 6.45) is 1.02. The van der Waals surface area contributed by atoms with Gasteiger partial charge in [0.15, 0.2) is 5.69 Å². The molecular formula is C16H18N4O4. The lowest BCUT2D eigenvalue weighted by Gasteiger charge is -2.44. The normalized spacial score (nSPS) is 25.8. The van der Waals surface area contributed by atoms with E-state index in [1.54, 1.807) is 16.8 Å². The lowest BCUT2D eigenvalue weighted by atomic mass is 9.84. The van der Waals surface area contributed by atoms with E-state index in [9.17, 15) is 14.7 Å². The van der Waals surface area contributed by atoms with Crippen molar-refractivity contribution in [3.63, 3.8) is 0 Å². The molecular weight excluding hydrogens is 312 g/mol. The second-order valence-electron chi connectivity index (χ2n) is 6.41. The zero-order valence-electron chi connectivity index (χ0n) is 13.0. The first-order chi connectivity index (χ1) is 11.5. The standard InChI is InChI=1S/C16H18N4O4/c17-16(23)24-15(22)14-11-2-1-10(21)7-12(11)20(18-14)13-8-19-5-3-9(13)4-6-19/h1-2,7,9,13,21H,3-6,8H2,(H2,17,23)/t13-/m0/s1. The van der Waals surface area contributed by atoms with Crippen molar-refractivity contribution in [3.05, 3.63) is 23.9 Å². The number of nitrogens with two attached hydrogens (primary N) is 1. The summed E-state index contributed by atoms with van der Waals surface area (Å²) in [7, 11) is 0. The van der Waals surface area contributed by atoms with Crippen LogP contribution in [0.15, 0.2) is 18.2 Å². The molecule has 4 heterocycles. The summed E-state index contributed by atoms with van der Waals surface area (Å²) in [4.78, 5) is 25.4. The highest BCUT2D eigenvalue weighted by molar-refractivity contribution is 6.05. The Morgan fingerprint density at radius 2 is 2.04 bits per heavy atom. The molecule has 3 N–H and O–H groups in total. The minimum absolute atomic E-state index is 0.0419. The van der Waals surface area contributed by atoms with Crippen LogP contribution in [0.25, 0.3) is 10.9 Å². The molecule has 3 fully saturated rings. The van der Waals surface area contributed by atoms with Crippen molar-refractivity contribution in [1.82, 2.24) is 14.7 Å². The first-order valence-electron chi connectivity index (χ1n) is 7.98. The van der Waals surface area contributed by atoms with Crippen LogP contribution in [0.4, 0.5) is 4.79 Å². The number of aromatic hydroxyl groups is 1. The van der Waals surface area contributed by atoms with Crippen LogP contribution in [0, 0.1) is 5.92 Å². The van der Waals surface area contributed by atoms with Crippen LogP contribution in [0.5, 0.6) is 5.75 Å². The van der Waals surface area contributed by atoms with E-state index < -0.39 is 12.1 Å². The number of nitrogens with zero attached hydrogens (tertiary/aromatic N) is 3. The average molecular weight is 330 g/mol. The Hall–Kier alpha value is -2.61. The monoisotopic (exact) mass is 330 g/mol. The maximum atomic E-state index is 12.1. The number of hydrogen-bond donors (Lipinski definition) is 2. The van der Waals surface area contributed by atoms with E-state index in [1.165, 1.54) is 6.07 Å². The molecule has 1 aromatic heterocycles. The molecule has 0 radical (unpaired) electrons. The van der Waals surface area contributed by atoms with Gasteiger partial charge in [-0.2, -0.15) is 5.10 Å². The van der Waals surface area contributed by atoms with Crippen LogP contribution in [0.1, 0.15) is 29.4 Å². The first-order valence-corrected chi connectivity index (χ1v) is 7.98. The summed E-state index contributed by atoms with van der Waals surface area (Å²) >= 11 is 0. The molecule has 1 amide bonds. The van der Waals surface area contributed by atoms with E-state index in [0.29, 0.717) is 16.8 Å². The number of ether oxygens (including phenoxy) is 1. The van der Waals surface area contributed by atoms with Gasteiger partial charge in [0, 0.05) is 18.0 Å². The van der Waals surface area contributed by atoms with Gasteiger partial charge in [-0.3, -0.25) is 4.68 Å². The SMILES string of the molecule is NC(=O)OC(=O)c1nn([C@H]2CN3CCC2CC3)c2cc(O)ccc12. The van der Waals surface area contributed by atoms with Gasteiger partial charge in [0.1, 0.15) is 5.75 Å². The van der Waals surface area contributed by atoms with Gasteiger partial charge in [-0.15, -0.1) is 0 Å². The number of phenolic OH excluding ortho intramolecular Hbond substituents is 1. The Morgan fingerprint density at radius 1 is 1.29 bits per heavy atom. The van der Waals surface area contributed by atoms with Crippen molar-refractivity contribution in [2.24, 2.45) is 11.7 Å². The Balaban J connectivity index is 1.81. The number of phenols is 1. The number of amides is 1. The predicted octanol–water partition coefficient (Wildman–Crippen LogP) is 1.24. The summed E-state index contributed by atoms with van der Waals surface area (Å²) in [6.45, 7) is 3.03. The number of esters is 1. The second kappa shape index (κ2) is 5.48. The molecule has 126 valence electrons. The highest BCUT2D eigenvalue weighted by atomic mass is 16.6. The predicted molar refractivity (Wildman–Crippen MR) is 84.6 cm³/mol. The van der Waals surface area contributed by atoms with Crippen LogP contribution in [-0.2, 0) is 4.74 Å². The van der Waals surface area contributed by atoms with E-state index >= 15 is 0 Å². The number of piperidine rings is 3. The van der Waals surface area contributed by atoms with E-state index in [2.05, 4.69) is 14.7 Å². The van der Waals surface area contributed by atoms with Gasteiger partial charge >= 0.3 is 12.1 Å². The van der Waals surface area contributed by atoms with Crippen molar-refractivity contribution in [1.29, 1.82) is 0 Å². The van der Waals surface area contributed by atoms with Crippen LogP contribution in [0.2, 0.25) is 0 Å². The van der Waals surface area contributed by atoms with E-state index in [0.717, 1.165) is 32.5 Å². The van der Waals surface area contributed by atoms with Crippen molar-refractivity contribution >= 4 is 23.0 Å². The van der Waals surface area contributed by atoms with Gasteiger partial charge in [-0.25, -0.2) is 9.59 Å². The number of fused-ring (bicyclic) bond motifs is 4. The molecule has 3 aliphatic rings. The number of benzene rings is 1. The number of primary amides is 1. The molecule has 2 aromatic rings. The lowest BCUT2D eigenvalue weighted by Crippen LogP contribution is -2.48. The number of rotatable bonds is 2. The number of carbonyl (C=O) groups excluding carboxylic acids is 2. The number of aromatic nitrogens is 2. The summed E-state index contributed by atoms with van der Waals surface area (Å²) in [6, 6.07) is 4.80. The van der Waals surface area contributed by atoms with Crippen molar-refractivity contribution in [2.45, 2.75) is 18.9 Å². The molecule has 8 nitrogen and oxygen atoms in total. The van der Waals surface area contributed by atoms with E-state index in [1.807, 2.05) is 0 Å². The summed E-state index contributed by atoms with van der Waals surface area (Å²) in [5.41, 5.74) is 5.63. The fourth-order valence-corrected chi connectivity index (χ4v) is 3.88. The Morgan fingerprint density at radius 3 is 2.67 bits per heavy atom. The van der Waals surface area contributed by atoms with E-state index in [-0.39, 0.29) is 17.5 Å². The minimum Gasteiger partial charge on any atom is -0.508 e. The van der Waals surface area contributed by atoms with Gasteiger partial charge in [0.2, 0.25) is 0 Å². The van der Waals surface area contributed by atoms with Gasteiger partial charge < -0.3 is 20.5 Å². The number of carbonyl (C=O) groups is 2. The van der Waals surface area contributed by atoms with Crippen molar-refractivity contribution in [3.8, 4) is 5.75 Å². The van der Waals surface area contributed by atoms with Gasteiger partial charge in [-0.05, 0) is 44.0 Å². The lowest BCUT2D eigenvalue weighted by molar-refractivity contribution is 0.0518. The second-order valence-corrected chi connectivity index (χ2v) is 6.41. The maximum absolute atomic E-state index is 12.1. The minimum atomic E-state index is -1.16. The number of hydrogen-bond acceptors (Lipinski definition) is 6. The van der Waals surface area contributed by atoms with Crippen LogP contribution < -0.4 is 5.73 Å². The van der Waals surface area contributed by atoms with Gasteiger partial charge in [0.25, 0.3) is 0 Å². The third-order valence-corrected chi connectivity index (χ3v) is 5.01. The molecule has 3 aliphatic heterocycles. The Bertz CT molecular complexity index is 823. The molecule has 2 bridgehead atoms. The Labute approximate surface area is 137 Å². The fourth-order valence-electron chi connectivity index (χ4n) is 3.88. The summed E-state index contributed by atoms with van der Waals surface area (Å²) in [5, 5.41) is 14.8. The zero-order valence-corrected chi connectivity index (χ0v) is 13.0. The van der Waals surface area contributed by atoms with Crippen molar-refractivity contribution < 1.29 is 19.4 Å². The average Bonchev–Trinajstić information content (AvgIpc) is 2.94. The molecule has 8 heteroatoms. The van der Waals surface area contributed by atoms with Crippen LogP contribution >= 0.6 is 0 Å². The highest BCUT2D eigenvalue weighted by Gasteiger charge is 2.37. The van der Waals surface area contributed by atoms with Crippen molar-refractivity contribution in [2.75, 3.05) is 19.6 Å². The molecule has 0 unspecified atom stereocenters. The molecule has 24 heavy (non-hydrogen) atoms. The molecule has 0 spiro atoms. The quantitative estimate of drug-likeness (QED) is 0.633. The van der Waals surface area contributed by atoms with Gasteiger partial charge in [0.05, 0.1) is 11.6 Å². The third kappa shape index (κ3) is 2.39. The Kier molecular flexibility index (Phi) is 3.42. The van der Waals surface area contributed by atoms with Crippen LogP contribution in [0.3, 0.4) is 0 Å². The summed E-state index contributed by atoms with van der Waals surface area (Å²) in [5.74, 6) is -0.293. The fraction of sp³-hybridized carbons (Fsp3) is 0.438. The zero-order chi connectivity index (χ0) is 16.8. The molecule has 0 aliphatic carbocycles. The molecule has 0 saturated carbocycles. The van der Waals surface area contributed by atoms with E-state index in [4.69, 9.17) is 5.73 Å². The smallest absolute Gasteiger partial charge is 0.412 e. The first kappa shape index (κ1) is 14.9. The summed E-state index contributed by atoms with van der Waals surface area (Å²) < 4.78 is 6.28. The third-order valence-electron chi connectivity index (χ3n) is 5.01. The largest absolute Gasteiger partial charge is 0.508 e. The van der Waals surface area contributed by atoms with Gasteiger partial charge in [-0.1, -0.05) is 0 Å².